The highest BCUT2D eigenvalue weighted by atomic mass is 79.9. The van der Waals surface area contributed by atoms with Gasteiger partial charge in [-0.3, -0.25) is 9.36 Å². The van der Waals surface area contributed by atoms with Crippen LogP contribution < -0.4 is 5.56 Å². The molecule has 3 heteroatoms. The molecule has 0 N–H and O–H groups in total. The fourth-order valence-corrected chi connectivity index (χ4v) is 3.35. The maximum Gasteiger partial charge on any atom is 0.263 e. The number of pyridine rings is 1. The van der Waals surface area contributed by atoms with Gasteiger partial charge in [0.1, 0.15) is 0 Å². The molecule has 0 aliphatic carbocycles. The van der Waals surface area contributed by atoms with E-state index >= 15 is 0 Å². The molecule has 0 aliphatic rings. The fourth-order valence-electron chi connectivity index (χ4n) is 2.95. The molecule has 1 aromatic heterocycles. The molecule has 1 heterocycles. The molecule has 0 aliphatic heterocycles. The van der Waals surface area contributed by atoms with Crippen molar-refractivity contribution in [1.29, 1.82) is 0 Å². The lowest BCUT2D eigenvalue weighted by atomic mass is 10.0. The van der Waals surface area contributed by atoms with Crippen LogP contribution in [0.25, 0.3) is 16.5 Å². The Kier molecular flexibility index (Phi) is 4.16. The Morgan fingerprint density at radius 3 is 2.45 bits per heavy atom. The van der Waals surface area contributed by atoms with Crippen LogP contribution in [0.15, 0.2) is 53.3 Å². The average molecular weight is 356 g/mol. The van der Waals surface area contributed by atoms with E-state index in [2.05, 4.69) is 22.0 Å². The van der Waals surface area contributed by atoms with Crippen molar-refractivity contribution >= 4 is 26.7 Å². The summed E-state index contributed by atoms with van der Waals surface area (Å²) in [5, 5.41) is 2.66. The average Bonchev–Trinajstić information content (AvgIpc) is 2.49. The molecule has 112 valence electrons. The van der Waals surface area contributed by atoms with Crippen LogP contribution in [0.2, 0.25) is 0 Å². The van der Waals surface area contributed by atoms with Gasteiger partial charge in [0.15, 0.2) is 0 Å². The second kappa shape index (κ2) is 6.09. The summed E-state index contributed by atoms with van der Waals surface area (Å²) in [5.74, 6) is 0. The van der Waals surface area contributed by atoms with Gasteiger partial charge in [-0.05, 0) is 48.9 Å². The molecule has 0 fully saturated rings. The SMILES string of the molecule is Cc1ccccc1-n1c(CCBr)cc2cccc(C)c2c1=O. The van der Waals surface area contributed by atoms with E-state index in [-0.39, 0.29) is 5.56 Å². The number of hydrogen-bond donors (Lipinski definition) is 0. The summed E-state index contributed by atoms with van der Waals surface area (Å²) in [4.78, 5) is 13.1. The highest BCUT2D eigenvalue weighted by Crippen LogP contribution is 2.21. The van der Waals surface area contributed by atoms with E-state index in [1.54, 1.807) is 0 Å². The Bertz CT molecular complexity index is 896. The van der Waals surface area contributed by atoms with Gasteiger partial charge in [0.25, 0.3) is 5.56 Å². The molecule has 3 aromatic rings. The molecule has 0 radical (unpaired) electrons. The van der Waals surface area contributed by atoms with Crippen molar-refractivity contribution in [3.8, 4) is 5.69 Å². The minimum absolute atomic E-state index is 0.0702. The van der Waals surface area contributed by atoms with Gasteiger partial charge >= 0.3 is 0 Å². The minimum Gasteiger partial charge on any atom is -0.280 e. The van der Waals surface area contributed by atoms with Crippen molar-refractivity contribution in [3.05, 3.63) is 75.7 Å². The third kappa shape index (κ3) is 2.50. The minimum atomic E-state index is 0.0702. The molecule has 2 nitrogen and oxygen atoms in total. The number of aromatic nitrogens is 1. The number of para-hydroxylation sites is 1. The quantitative estimate of drug-likeness (QED) is 0.632. The Morgan fingerprint density at radius 1 is 1.00 bits per heavy atom. The van der Waals surface area contributed by atoms with Gasteiger partial charge in [0.2, 0.25) is 0 Å². The highest BCUT2D eigenvalue weighted by Gasteiger charge is 2.13. The van der Waals surface area contributed by atoms with Gasteiger partial charge in [-0.15, -0.1) is 0 Å². The summed E-state index contributed by atoms with van der Waals surface area (Å²) in [6.45, 7) is 4.04. The number of halogens is 1. The van der Waals surface area contributed by atoms with Crippen molar-refractivity contribution in [2.75, 3.05) is 5.33 Å². The van der Waals surface area contributed by atoms with Gasteiger partial charge in [0.05, 0.1) is 11.1 Å². The van der Waals surface area contributed by atoms with Gasteiger partial charge < -0.3 is 0 Å². The molecule has 2 aromatic carbocycles. The number of aryl methyl sites for hydroxylation is 3. The molecule has 0 spiro atoms. The summed E-state index contributed by atoms with van der Waals surface area (Å²) >= 11 is 3.50. The lowest BCUT2D eigenvalue weighted by molar-refractivity contribution is 0.888. The van der Waals surface area contributed by atoms with E-state index in [4.69, 9.17) is 0 Å². The highest BCUT2D eigenvalue weighted by molar-refractivity contribution is 9.09. The van der Waals surface area contributed by atoms with Crippen molar-refractivity contribution in [2.45, 2.75) is 20.3 Å². The molecule has 0 bridgehead atoms. The standard InChI is InChI=1S/C19H18BrNO/c1-13-6-3-4-9-17(13)21-16(10-11-20)12-15-8-5-7-14(2)18(15)19(21)22/h3-9,12H,10-11H2,1-2H3. The van der Waals surface area contributed by atoms with Crippen LogP contribution in [0, 0.1) is 13.8 Å². The summed E-state index contributed by atoms with van der Waals surface area (Å²) in [6.07, 6.45) is 0.813. The third-order valence-corrected chi connectivity index (χ3v) is 4.43. The van der Waals surface area contributed by atoms with Gasteiger partial charge in [-0.2, -0.15) is 0 Å². The van der Waals surface area contributed by atoms with E-state index in [1.807, 2.05) is 60.9 Å². The number of benzene rings is 2. The zero-order valence-corrected chi connectivity index (χ0v) is 14.4. The lowest BCUT2D eigenvalue weighted by Crippen LogP contribution is -2.23. The number of alkyl halides is 1. The second-order valence-electron chi connectivity index (χ2n) is 5.54. The Hall–Kier alpha value is -1.87. The molecule has 0 saturated heterocycles. The Labute approximate surface area is 138 Å². The first-order valence-electron chi connectivity index (χ1n) is 7.39. The number of hydrogen-bond acceptors (Lipinski definition) is 1. The molecule has 0 saturated carbocycles. The van der Waals surface area contributed by atoms with Gasteiger partial charge in [-0.1, -0.05) is 52.3 Å². The van der Waals surface area contributed by atoms with Gasteiger partial charge in [-0.25, -0.2) is 0 Å². The van der Waals surface area contributed by atoms with Crippen LogP contribution in [0.3, 0.4) is 0 Å². The topological polar surface area (TPSA) is 22.0 Å². The van der Waals surface area contributed by atoms with Crippen LogP contribution in [0.4, 0.5) is 0 Å². The first-order valence-corrected chi connectivity index (χ1v) is 8.52. The predicted octanol–water partition coefficient (Wildman–Crippen LogP) is 4.54. The molecule has 3 rings (SSSR count). The van der Waals surface area contributed by atoms with E-state index in [9.17, 15) is 4.79 Å². The first-order chi connectivity index (χ1) is 10.6. The van der Waals surface area contributed by atoms with Crippen LogP contribution in [-0.4, -0.2) is 9.90 Å². The molecule has 22 heavy (non-hydrogen) atoms. The fraction of sp³-hybridized carbons (Fsp3) is 0.211. The Morgan fingerprint density at radius 2 is 1.73 bits per heavy atom. The van der Waals surface area contributed by atoms with Crippen LogP contribution in [-0.2, 0) is 6.42 Å². The zero-order chi connectivity index (χ0) is 15.7. The maximum absolute atomic E-state index is 13.1. The van der Waals surface area contributed by atoms with Crippen LogP contribution in [0.1, 0.15) is 16.8 Å². The van der Waals surface area contributed by atoms with Crippen molar-refractivity contribution < 1.29 is 0 Å². The summed E-state index contributed by atoms with van der Waals surface area (Å²) in [6, 6.07) is 16.2. The molecular weight excluding hydrogens is 338 g/mol. The maximum atomic E-state index is 13.1. The molecule has 0 unspecified atom stereocenters. The van der Waals surface area contributed by atoms with Crippen molar-refractivity contribution in [3.63, 3.8) is 0 Å². The molecule has 0 atom stereocenters. The molecular formula is C19H18BrNO. The number of rotatable bonds is 3. The summed E-state index contributed by atoms with van der Waals surface area (Å²) in [7, 11) is 0. The van der Waals surface area contributed by atoms with Gasteiger partial charge in [0, 0.05) is 11.0 Å². The van der Waals surface area contributed by atoms with E-state index in [0.29, 0.717) is 0 Å². The largest absolute Gasteiger partial charge is 0.280 e. The van der Waals surface area contributed by atoms with Crippen molar-refractivity contribution in [2.24, 2.45) is 0 Å². The Balaban J connectivity index is 2.44. The van der Waals surface area contributed by atoms with E-state index < -0.39 is 0 Å². The summed E-state index contributed by atoms with van der Waals surface area (Å²) < 4.78 is 1.87. The lowest BCUT2D eigenvalue weighted by Gasteiger charge is -2.16. The smallest absolute Gasteiger partial charge is 0.263 e. The first kappa shape index (κ1) is 15.0. The van der Waals surface area contributed by atoms with E-state index in [0.717, 1.165) is 45.0 Å². The van der Waals surface area contributed by atoms with Crippen molar-refractivity contribution in [1.82, 2.24) is 4.57 Å². The second-order valence-corrected chi connectivity index (χ2v) is 6.33. The van der Waals surface area contributed by atoms with Crippen LogP contribution in [0.5, 0.6) is 0 Å². The summed E-state index contributed by atoms with van der Waals surface area (Å²) in [5.41, 5.74) is 4.20. The zero-order valence-electron chi connectivity index (χ0n) is 12.8. The third-order valence-electron chi connectivity index (χ3n) is 4.04. The number of nitrogens with zero attached hydrogens (tertiary/aromatic N) is 1. The molecule has 0 amide bonds. The monoisotopic (exact) mass is 355 g/mol. The number of fused-ring (bicyclic) bond motifs is 1. The van der Waals surface area contributed by atoms with E-state index in [1.165, 1.54) is 0 Å². The predicted molar refractivity (Wildman–Crippen MR) is 96.5 cm³/mol. The van der Waals surface area contributed by atoms with Crippen LogP contribution >= 0.6 is 15.9 Å². The normalized spacial score (nSPS) is 11.0.